The predicted molar refractivity (Wildman–Crippen MR) is 127 cm³/mol. The van der Waals surface area contributed by atoms with Gasteiger partial charge in [-0.3, -0.25) is 9.69 Å². The zero-order chi connectivity index (χ0) is 24.5. The number of piperazine rings is 1. The number of ether oxygens (including phenoxy) is 1. The van der Waals surface area contributed by atoms with Crippen molar-refractivity contribution in [3.05, 3.63) is 40.1 Å². The van der Waals surface area contributed by atoms with Gasteiger partial charge in [0.25, 0.3) is 5.56 Å². The smallest absolute Gasteiger partial charge is 0.277 e. The second-order valence-electron chi connectivity index (χ2n) is 8.34. The largest absolute Gasteiger partial charge is 0.507 e. The van der Waals surface area contributed by atoms with Crippen molar-refractivity contribution in [2.24, 2.45) is 0 Å². The number of sulfonamides is 1. The molecule has 184 valence electrons. The van der Waals surface area contributed by atoms with Crippen LogP contribution in [-0.4, -0.2) is 88.8 Å². The van der Waals surface area contributed by atoms with Crippen molar-refractivity contribution in [1.82, 2.24) is 28.8 Å². The molecule has 4 rings (SSSR count). The van der Waals surface area contributed by atoms with E-state index in [4.69, 9.17) is 4.74 Å². The topological polar surface area (TPSA) is 133 Å². The monoisotopic (exact) mass is 490 g/mol. The molecule has 0 spiro atoms. The Labute approximate surface area is 198 Å². The number of phenols is 1. The van der Waals surface area contributed by atoms with Crippen molar-refractivity contribution in [3.63, 3.8) is 0 Å². The molecule has 1 saturated heterocycles. The predicted octanol–water partition coefficient (Wildman–Crippen LogP) is 1.00. The van der Waals surface area contributed by atoms with Crippen molar-refractivity contribution < 1.29 is 18.3 Å². The number of fused-ring (bicyclic) bond motifs is 1. The summed E-state index contributed by atoms with van der Waals surface area (Å²) in [5.74, 6) is 0.530. The van der Waals surface area contributed by atoms with Crippen molar-refractivity contribution in [2.45, 2.75) is 31.6 Å². The van der Waals surface area contributed by atoms with Gasteiger partial charge in [-0.05, 0) is 31.5 Å². The molecular formula is C22H30N6O5S. The molecule has 3 aromatic rings. The van der Waals surface area contributed by atoms with Gasteiger partial charge in [-0.25, -0.2) is 17.9 Å². The van der Waals surface area contributed by atoms with E-state index in [9.17, 15) is 18.3 Å². The molecule has 0 radical (unpaired) electrons. The Morgan fingerprint density at radius 3 is 2.62 bits per heavy atom. The molecule has 1 fully saturated rings. The number of H-pyrrole nitrogens is 1. The van der Waals surface area contributed by atoms with E-state index in [0.29, 0.717) is 56.2 Å². The van der Waals surface area contributed by atoms with Gasteiger partial charge in [-0.2, -0.15) is 4.31 Å². The standard InChI is InChI=1S/C22H30N6O5S/c1-4-5-19-23-15(2)20-22(30)24-21(25-28(19)20)17-14-16(6-7-18(17)29)34(31,32)27-10-8-26(9-11-27)12-13-33-3/h6-7,14,29H,4-5,8-13H2,1-3H3,(H,24,25,30). The molecule has 1 aliphatic rings. The quantitative estimate of drug-likeness (QED) is 0.478. The number of benzene rings is 1. The summed E-state index contributed by atoms with van der Waals surface area (Å²) >= 11 is 0. The maximum Gasteiger partial charge on any atom is 0.277 e. The molecule has 0 aliphatic carbocycles. The molecule has 1 aliphatic heterocycles. The Kier molecular flexibility index (Phi) is 7.03. The first-order valence-electron chi connectivity index (χ1n) is 11.3. The van der Waals surface area contributed by atoms with Gasteiger partial charge in [-0.1, -0.05) is 6.92 Å². The van der Waals surface area contributed by atoms with Gasteiger partial charge in [-0.15, -0.1) is 5.10 Å². The number of hydrogen-bond acceptors (Lipinski definition) is 8. The lowest BCUT2D eigenvalue weighted by molar-refractivity contribution is 0.123. The SMILES string of the molecule is CCCc1nc(C)c2c(=O)[nH]c(-c3cc(S(=O)(=O)N4CCN(CCOC)CC4)ccc3O)nn12. The number of aromatic nitrogens is 4. The minimum Gasteiger partial charge on any atom is -0.507 e. The first-order valence-corrected chi connectivity index (χ1v) is 12.7. The lowest BCUT2D eigenvalue weighted by atomic mass is 10.2. The molecule has 34 heavy (non-hydrogen) atoms. The van der Waals surface area contributed by atoms with Gasteiger partial charge in [0.05, 0.1) is 22.8 Å². The Hall–Kier alpha value is -2.80. The molecular weight excluding hydrogens is 460 g/mol. The molecule has 1 aromatic carbocycles. The van der Waals surface area contributed by atoms with Gasteiger partial charge < -0.3 is 14.8 Å². The van der Waals surface area contributed by atoms with Crippen LogP contribution in [0.4, 0.5) is 0 Å². The van der Waals surface area contributed by atoms with Crippen LogP contribution in [0.25, 0.3) is 16.9 Å². The fourth-order valence-corrected chi connectivity index (χ4v) is 5.62. The first kappa shape index (κ1) is 24.3. The lowest BCUT2D eigenvalue weighted by Crippen LogP contribution is -2.49. The number of aryl methyl sites for hydroxylation is 2. The molecule has 2 aromatic heterocycles. The summed E-state index contributed by atoms with van der Waals surface area (Å²) < 4.78 is 34.6. The Balaban J connectivity index is 1.68. The minimum absolute atomic E-state index is 0.0315. The molecule has 0 amide bonds. The third-order valence-electron chi connectivity index (χ3n) is 6.02. The highest BCUT2D eigenvalue weighted by molar-refractivity contribution is 7.89. The first-order chi connectivity index (χ1) is 16.3. The Bertz CT molecular complexity index is 1340. The highest BCUT2D eigenvalue weighted by Crippen LogP contribution is 2.30. The lowest BCUT2D eigenvalue weighted by Gasteiger charge is -2.33. The van der Waals surface area contributed by atoms with Gasteiger partial charge in [0.15, 0.2) is 11.3 Å². The third kappa shape index (κ3) is 4.58. The van der Waals surface area contributed by atoms with Crippen LogP contribution in [0, 0.1) is 6.92 Å². The van der Waals surface area contributed by atoms with Crippen LogP contribution in [0.5, 0.6) is 5.75 Å². The second kappa shape index (κ2) is 9.82. The molecule has 3 heterocycles. The fraction of sp³-hybridized carbons (Fsp3) is 0.500. The Morgan fingerprint density at radius 2 is 1.94 bits per heavy atom. The van der Waals surface area contributed by atoms with Crippen molar-refractivity contribution >= 4 is 15.5 Å². The zero-order valence-corrected chi connectivity index (χ0v) is 20.4. The van der Waals surface area contributed by atoms with Gasteiger partial charge in [0, 0.05) is 46.3 Å². The van der Waals surface area contributed by atoms with Crippen molar-refractivity contribution in [1.29, 1.82) is 0 Å². The summed E-state index contributed by atoms with van der Waals surface area (Å²) in [7, 11) is -2.15. The molecule has 11 nitrogen and oxygen atoms in total. The molecule has 12 heteroatoms. The molecule has 0 bridgehead atoms. The summed E-state index contributed by atoms with van der Waals surface area (Å²) in [6, 6.07) is 4.04. The third-order valence-corrected chi connectivity index (χ3v) is 7.91. The minimum atomic E-state index is -3.79. The van der Waals surface area contributed by atoms with E-state index in [2.05, 4.69) is 20.0 Å². The molecule has 2 N–H and O–H groups in total. The van der Waals surface area contributed by atoms with E-state index in [-0.39, 0.29) is 22.0 Å². The van der Waals surface area contributed by atoms with E-state index in [0.717, 1.165) is 13.0 Å². The Morgan fingerprint density at radius 1 is 1.21 bits per heavy atom. The number of aromatic amines is 1. The van der Waals surface area contributed by atoms with Crippen LogP contribution in [-0.2, 0) is 21.2 Å². The van der Waals surface area contributed by atoms with Crippen LogP contribution in [0.3, 0.4) is 0 Å². The number of hydrogen-bond donors (Lipinski definition) is 2. The van der Waals surface area contributed by atoms with Crippen LogP contribution in [0.2, 0.25) is 0 Å². The number of nitrogens with zero attached hydrogens (tertiary/aromatic N) is 5. The van der Waals surface area contributed by atoms with E-state index in [1.165, 1.54) is 27.0 Å². The van der Waals surface area contributed by atoms with E-state index >= 15 is 0 Å². The average Bonchev–Trinajstić information content (AvgIpc) is 3.14. The number of methoxy groups -OCH3 is 1. The maximum absolute atomic E-state index is 13.3. The number of nitrogens with one attached hydrogen (secondary N) is 1. The van der Waals surface area contributed by atoms with Gasteiger partial charge in [0.2, 0.25) is 10.0 Å². The highest BCUT2D eigenvalue weighted by atomic mass is 32.2. The molecule has 0 unspecified atom stereocenters. The zero-order valence-electron chi connectivity index (χ0n) is 19.6. The van der Waals surface area contributed by atoms with Crippen LogP contribution in [0.1, 0.15) is 24.9 Å². The number of rotatable bonds is 8. The molecule has 0 atom stereocenters. The van der Waals surface area contributed by atoms with Crippen LogP contribution in [0.15, 0.2) is 27.9 Å². The number of aromatic hydroxyl groups is 1. The van der Waals surface area contributed by atoms with Gasteiger partial charge >= 0.3 is 0 Å². The second-order valence-corrected chi connectivity index (χ2v) is 10.3. The van der Waals surface area contributed by atoms with E-state index in [1.807, 2.05) is 6.92 Å². The van der Waals surface area contributed by atoms with Crippen molar-refractivity contribution in [3.8, 4) is 17.1 Å². The van der Waals surface area contributed by atoms with Crippen LogP contribution >= 0.6 is 0 Å². The van der Waals surface area contributed by atoms with E-state index < -0.39 is 15.6 Å². The summed E-state index contributed by atoms with van der Waals surface area (Å²) in [5, 5.41) is 15.0. The highest BCUT2D eigenvalue weighted by Gasteiger charge is 2.29. The maximum atomic E-state index is 13.3. The van der Waals surface area contributed by atoms with Gasteiger partial charge in [0.1, 0.15) is 11.6 Å². The summed E-state index contributed by atoms with van der Waals surface area (Å²) in [6.07, 6.45) is 1.45. The van der Waals surface area contributed by atoms with Crippen LogP contribution < -0.4 is 5.56 Å². The number of imidazole rings is 1. The summed E-state index contributed by atoms with van der Waals surface area (Å²) in [5.41, 5.74) is 0.626. The average molecular weight is 491 g/mol. The summed E-state index contributed by atoms with van der Waals surface area (Å²) in [4.78, 5) is 22.1. The van der Waals surface area contributed by atoms with Crippen molar-refractivity contribution in [2.75, 3.05) is 46.4 Å². The molecule has 0 saturated carbocycles. The summed E-state index contributed by atoms with van der Waals surface area (Å²) in [6.45, 7) is 7.03. The fourth-order valence-electron chi connectivity index (χ4n) is 4.17. The van der Waals surface area contributed by atoms with E-state index in [1.54, 1.807) is 14.0 Å². The number of phenolic OH excluding ortho intramolecular Hbond substituents is 1. The normalized spacial score (nSPS) is 15.9.